The van der Waals surface area contributed by atoms with Gasteiger partial charge < -0.3 is 4.90 Å². The Bertz CT molecular complexity index is 651. The van der Waals surface area contributed by atoms with Crippen LogP contribution in [0.1, 0.15) is 37.7 Å². The van der Waals surface area contributed by atoms with Gasteiger partial charge in [-0.25, -0.2) is 0 Å². The standard InChI is InChI=1S/C21H25NO/c1-16-8-10-17(11-9-16)18-12-14-20(15-13-18)22(2)21(23)19-6-4-3-5-7-19/h8-15,19H,3-7H2,1-2H3. The summed E-state index contributed by atoms with van der Waals surface area (Å²) in [5.41, 5.74) is 4.65. The maximum atomic E-state index is 12.6. The van der Waals surface area contributed by atoms with Crippen LogP contribution in [0.5, 0.6) is 0 Å². The zero-order valence-corrected chi connectivity index (χ0v) is 14.1. The Morgan fingerprint density at radius 1 is 0.870 bits per heavy atom. The third kappa shape index (κ3) is 3.64. The van der Waals surface area contributed by atoms with E-state index in [1.807, 2.05) is 11.9 Å². The van der Waals surface area contributed by atoms with Gasteiger partial charge in [0.1, 0.15) is 0 Å². The number of anilines is 1. The molecule has 2 nitrogen and oxygen atoms in total. The normalized spacial score (nSPS) is 15.4. The van der Waals surface area contributed by atoms with Crippen LogP contribution < -0.4 is 4.90 Å². The first-order valence-electron chi connectivity index (χ1n) is 8.60. The molecule has 1 amide bonds. The molecule has 0 atom stereocenters. The van der Waals surface area contributed by atoms with E-state index in [1.54, 1.807) is 0 Å². The van der Waals surface area contributed by atoms with Gasteiger partial charge in [0.15, 0.2) is 0 Å². The van der Waals surface area contributed by atoms with Crippen LogP contribution in [0.3, 0.4) is 0 Å². The predicted molar refractivity (Wildman–Crippen MR) is 96.6 cm³/mol. The molecule has 0 bridgehead atoms. The molecule has 0 aliphatic heterocycles. The molecule has 3 rings (SSSR count). The fourth-order valence-corrected chi connectivity index (χ4v) is 3.37. The van der Waals surface area contributed by atoms with E-state index in [2.05, 4.69) is 55.5 Å². The van der Waals surface area contributed by atoms with Crippen molar-refractivity contribution in [3.05, 3.63) is 54.1 Å². The Morgan fingerprint density at radius 3 is 1.96 bits per heavy atom. The number of amides is 1. The van der Waals surface area contributed by atoms with Crippen LogP contribution in [-0.4, -0.2) is 13.0 Å². The fourth-order valence-electron chi connectivity index (χ4n) is 3.37. The van der Waals surface area contributed by atoms with Crippen molar-refractivity contribution in [3.63, 3.8) is 0 Å². The summed E-state index contributed by atoms with van der Waals surface area (Å²) in [7, 11) is 1.90. The molecule has 2 aromatic rings. The highest BCUT2D eigenvalue weighted by molar-refractivity contribution is 5.94. The maximum Gasteiger partial charge on any atom is 0.229 e. The molecule has 0 aromatic heterocycles. The third-order valence-electron chi connectivity index (χ3n) is 4.92. The molecule has 0 heterocycles. The van der Waals surface area contributed by atoms with Gasteiger partial charge in [-0.2, -0.15) is 0 Å². The predicted octanol–water partition coefficient (Wildman–Crippen LogP) is 5.21. The second-order valence-electron chi connectivity index (χ2n) is 6.65. The van der Waals surface area contributed by atoms with Crippen molar-refractivity contribution < 1.29 is 4.79 Å². The number of nitrogens with zero attached hydrogens (tertiary/aromatic N) is 1. The van der Waals surface area contributed by atoms with Gasteiger partial charge in [-0.1, -0.05) is 61.2 Å². The monoisotopic (exact) mass is 307 g/mol. The number of hydrogen-bond acceptors (Lipinski definition) is 1. The van der Waals surface area contributed by atoms with Crippen LogP contribution in [0.15, 0.2) is 48.5 Å². The Balaban J connectivity index is 1.73. The number of carbonyl (C=O) groups is 1. The van der Waals surface area contributed by atoms with Crippen molar-refractivity contribution in [2.45, 2.75) is 39.0 Å². The molecular formula is C21H25NO. The highest BCUT2D eigenvalue weighted by atomic mass is 16.2. The molecule has 2 heteroatoms. The van der Waals surface area contributed by atoms with Crippen LogP contribution in [-0.2, 0) is 4.79 Å². The zero-order valence-electron chi connectivity index (χ0n) is 14.1. The topological polar surface area (TPSA) is 20.3 Å². The minimum atomic E-state index is 0.213. The van der Waals surface area contributed by atoms with E-state index >= 15 is 0 Å². The Labute approximate surface area is 139 Å². The van der Waals surface area contributed by atoms with E-state index < -0.39 is 0 Å². The molecule has 23 heavy (non-hydrogen) atoms. The molecule has 0 saturated heterocycles. The molecule has 0 unspecified atom stereocenters. The van der Waals surface area contributed by atoms with Gasteiger partial charge in [-0.05, 0) is 43.0 Å². The number of aryl methyl sites for hydroxylation is 1. The lowest BCUT2D eigenvalue weighted by atomic mass is 9.88. The van der Waals surface area contributed by atoms with E-state index in [9.17, 15) is 4.79 Å². The number of carbonyl (C=O) groups excluding carboxylic acids is 1. The van der Waals surface area contributed by atoms with Gasteiger partial charge in [0.25, 0.3) is 0 Å². The lowest BCUT2D eigenvalue weighted by Gasteiger charge is -2.26. The summed E-state index contributed by atoms with van der Waals surface area (Å²) in [5.74, 6) is 0.485. The summed E-state index contributed by atoms with van der Waals surface area (Å²) in [6.45, 7) is 2.10. The molecule has 1 saturated carbocycles. The number of rotatable bonds is 3. The molecule has 1 fully saturated rings. The number of benzene rings is 2. The Hall–Kier alpha value is -2.09. The van der Waals surface area contributed by atoms with Crippen molar-refractivity contribution in [3.8, 4) is 11.1 Å². The quantitative estimate of drug-likeness (QED) is 0.762. The Kier molecular flexibility index (Phi) is 4.80. The molecule has 120 valence electrons. The fraction of sp³-hybridized carbons (Fsp3) is 0.381. The molecule has 0 N–H and O–H groups in total. The van der Waals surface area contributed by atoms with Gasteiger partial charge in [-0.3, -0.25) is 4.79 Å². The molecule has 1 aliphatic carbocycles. The molecule has 1 aliphatic rings. The average Bonchev–Trinajstić information content (AvgIpc) is 2.62. The average molecular weight is 307 g/mol. The lowest BCUT2D eigenvalue weighted by molar-refractivity contribution is -0.123. The summed E-state index contributed by atoms with van der Waals surface area (Å²) in [4.78, 5) is 14.4. The largest absolute Gasteiger partial charge is 0.315 e. The molecule has 0 radical (unpaired) electrons. The summed E-state index contributed by atoms with van der Waals surface area (Å²) in [6, 6.07) is 16.8. The molecular weight excluding hydrogens is 282 g/mol. The van der Waals surface area contributed by atoms with E-state index in [0.717, 1.165) is 18.5 Å². The Morgan fingerprint density at radius 2 is 1.39 bits per heavy atom. The zero-order chi connectivity index (χ0) is 16.2. The van der Waals surface area contributed by atoms with Gasteiger partial charge >= 0.3 is 0 Å². The van der Waals surface area contributed by atoms with Gasteiger partial charge in [0.05, 0.1) is 0 Å². The summed E-state index contributed by atoms with van der Waals surface area (Å²) >= 11 is 0. The van der Waals surface area contributed by atoms with Gasteiger partial charge in [0.2, 0.25) is 5.91 Å². The first kappa shape index (κ1) is 15.8. The first-order valence-corrected chi connectivity index (χ1v) is 8.60. The minimum absolute atomic E-state index is 0.213. The smallest absolute Gasteiger partial charge is 0.229 e. The van der Waals surface area contributed by atoms with E-state index in [0.29, 0.717) is 0 Å². The van der Waals surface area contributed by atoms with E-state index in [1.165, 1.54) is 36.0 Å². The van der Waals surface area contributed by atoms with E-state index in [4.69, 9.17) is 0 Å². The van der Waals surface area contributed by atoms with Crippen LogP contribution in [0, 0.1) is 12.8 Å². The number of hydrogen-bond donors (Lipinski definition) is 0. The summed E-state index contributed by atoms with van der Waals surface area (Å²) in [6.07, 6.45) is 5.75. The third-order valence-corrected chi connectivity index (χ3v) is 4.92. The SMILES string of the molecule is Cc1ccc(-c2ccc(N(C)C(=O)C3CCCCC3)cc2)cc1. The van der Waals surface area contributed by atoms with Crippen LogP contribution >= 0.6 is 0 Å². The lowest BCUT2D eigenvalue weighted by Crippen LogP contribution is -2.33. The van der Waals surface area contributed by atoms with E-state index in [-0.39, 0.29) is 11.8 Å². The first-order chi connectivity index (χ1) is 11.1. The maximum absolute atomic E-state index is 12.6. The minimum Gasteiger partial charge on any atom is -0.315 e. The van der Waals surface area contributed by atoms with Crippen molar-refractivity contribution in [2.24, 2.45) is 5.92 Å². The molecule has 0 spiro atoms. The van der Waals surface area contributed by atoms with Crippen LogP contribution in [0.25, 0.3) is 11.1 Å². The summed E-state index contributed by atoms with van der Waals surface area (Å²) < 4.78 is 0. The molecule has 2 aromatic carbocycles. The van der Waals surface area contributed by atoms with Crippen molar-refractivity contribution in [2.75, 3.05) is 11.9 Å². The summed E-state index contributed by atoms with van der Waals surface area (Å²) in [5, 5.41) is 0. The van der Waals surface area contributed by atoms with Crippen molar-refractivity contribution in [1.29, 1.82) is 0 Å². The van der Waals surface area contributed by atoms with Crippen LogP contribution in [0.4, 0.5) is 5.69 Å². The highest BCUT2D eigenvalue weighted by Crippen LogP contribution is 2.28. The van der Waals surface area contributed by atoms with Crippen LogP contribution in [0.2, 0.25) is 0 Å². The second-order valence-corrected chi connectivity index (χ2v) is 6.65. The van der Waals surface area contributed by atoms with Crippen molar-refractivity contribution in [1.82, 2.24) is 0 Å². The van der Waals surface area contributed by atoms with Crippen molar-refractivity contribution >= 4 is 11.6 Å². The second kappa shape index (κ2) is 6.99. The highest BCUT2D eigenvalue weighted by Gasteiger charge is 2.24. The van der Waals surface area contributed by atoms with Gasteiger partial charge in [-0.15, -0.1) is 0 Å². The van der Waals surface area contributed by atoms with Gasteiger partial charge in [0, 0.05) is 18.7 Å².